The number of rotatable bonds is 4. The quantitative estimate of drug-likeness (QED) is 0.903. The van der Waals surface area contributed by atoms with E-state index >= 15 is 0 Å². The molecule has 1 saturated heterocycles. The first-order valence-corrected chi connectivity index (χ1v) is 6.57. The minimum Gasteiger partial charge on any atom is -0.481 e. The van der Waals surface area contributed by atoms with E-state index in [1.807, 2.05) is 37.1 Å². The number of hydrogen-bond acceptors (Lipinski definition) is 4. The number of ether oxygens (including phenoxy) is 1. The van der Waals surface area contributed by atoms with Crippen LogP contribution in [0.5, 0.6) is 0 Å². The van der Waals surface area contributed by atoms with E-state index in [0.29, 0.717) is 12.2 Å². The third-order valence-corrected chi connectivity index (χ3v) is 4.00. The lowest BCUT2D eigenvalue weighted by molar-refractivity contribution is -0.143. The Balaban J connectivity index is 2.17. The van der Waals surface area contributed by atoms with E-state index < -0.39 is 11.9 Å². The fourth-order valence-corrected chi connectivity index (χ4v) is 2.57. The molecule has 1 aliphatic rings. The van der Waals surface area contributed by atoms with Crippen molar-refractivity contribution in [3.05, 3.63) is 35.4 Å². The summed E-state index contributed by atoms with van der Waals surface area (Å²) in [7, 11) is 1.90. The summed E-state index contributed by atoms with van der Waals surface area (Å²) in [5.74, 6) is -1.32. The van der Waals surface area contributed by atoms with Gasteiger partial charge in [-0.3, -0.25) is 9.69 Å². The fraction of sp³-hybridized carbons (Fsp3) is 0.467. The number of nitrogens with zero attached hydrogens (tertiary/aromatic N) is 2. The molecule has 5 heteroatoms. The van der Waals surface area contributed by atoms with Crippen molar-refractivity contribution in [3.8, 4) is 6.07 Å². The summed E-state index contributed by atoms with van der Waals surface area (Å²) in [5.41, 5.74) is 1.61. The lowest BCUT2D eigenvalue weighted by atomic mass is 9.98. The molecule has 1 N–H and O–H groups in total. The summed E-state index contributed by atoms with van der Waals surface area (Å²) in [6.07, 6.45) is 0. The maximum atomic E-state index is 11.2. The van der Waals surface area contributed by atoms with Gasteiger partial charge in [0.05, 0.1) is 30.8 Å². The number of carbonyl (C=O) groups is 1. The normalized spacial score (nSPS) is 23.5. The van der Waals surface area contributed by atoms with Gasteiger partial charge in [-0.1, -0.05) is 12.1 Å². The van der Waals surface area contributed by atoms with Gasteiger partial charge in [-0.2, -0.15) is 5.26 Å². The van der Waals surface area contributed by atoms with Crippen LogP contribution in [-0.2, 0) is 9.53 Å². The zero-order valence-corrected chi connectivity index (χ0v) is 11.6. The van der Waals surface area contributed by atoms with Crippen LogP contribution in [0, 0.1) is 17.2 Å². The molecule has 3 atom stereocenters. The second-order valence-electron chi connectivity index (χ2n) is 5.13. The first-order valence-electron chi connectivity index (χ1n) is 6.57. The highest BCUT2D eigenvalue weighted by atomic mass is 16.5. The lowest BCUT2D eigenvalue weighted by Gasteiger charge is -2.32. The highest BCUT2D eigenvalue weighted by Gasteiger charge is 2.38. The van der Waals surface area contributed by atoms with Crippen molar-refractivity contribution in [3.63, 3.8) is 0 Å². The highest BCUT2D eigenvalue weighted by molar-refractivity contribution is 5.71. The van der Waals surface area contributed by atoms with Crippen molar-refractivity contribution in [1.82, 2.24) is 4.90 Å². The largest absolute Gasteiger partial charge is 0.481 e. The molecule has 1 fully saturated rings. The Morgan fingerprint density at radius 3 is 2.95 bits per heavy atom. The van der Waals surface area contributed by atoms with E-state index in [9.17, 15) is 9.90 Å². The Morgan fingerprint density at radius 2 is 2.30 bits per heavy atom. The number of likely N-dealkylation sites (N-methyl/N-ethyl adjacent to an activating group) is 1. The van der Waals surface area contributed by atoms with Gasteiger partial charge < -0.3 is 9.84 Å². The Hall–Kier alpha value is -1.90. The van der Waals surface area contributed by atoms with Crippen LogP contribution in [0.1, 0.15) is 24.1 Å². The van der Waals surface area contributed by atoms with Crippen LogP contribution < -0.4 is 0 Å². The maximum Gasteiger partial charge on any atom is 0.310 e. The molecule has 0 amide bonds. The topological polar surface area (TPSA) is 73.6 Å². The zero-order chi connectivity index (χ0) is 14.7. The van der Waals surface area contributed by atoms with E-state index in [-0.39, 0.29) is 18.7 Å². The molecule has 20 heavy (non-hydrogen) atoms. The van der Waals surface area contributed by atoms with Crippen LogP contribution in [0.4, 0.5) is 0 Å². The Morgan fingerprint density at radius 1 is 1.55 bits per heavy atom. The van der Waals surface area contributed by atoms with Crippen LogP contribution >= 0.6 is 0 Å². The summed E-state index contributed by atoms with van der Waals surface area (Å²) in [6.45, 7) is 2.69. The summed E-state index contributed by atoms with van der Waals surface area (Å²) < 4.78 is 5.31. The molecule has 0 bridgehead atoms. The van der Waals surface area contributed by atoms with Crippen LogP contribution in [-0.4, -0.2) is 42.3 Å². The van der Waals surface area contributed by atoms with Crippen LogP contribution in [0.15, 0.2) is 24.3 Å². The second kappa shape index (κ2) is 6.04. The van der Waals surface area contributed by atoms with Gasteiger partial charge >= 0.3 is 5.97 Å². The number of benzene rings is 1. The lowest BCUT2D eigenvalue weighted by Crippen LogP contribution is -2.42. The van der Waals surface area contributed by atoms with Gasteiger partial charge in [-0.25, -0.2) is 0 Å². The molecule has 1 aromatic rings. The van der Waals surface area contributed by atoms with Crippen molar-refractivity contribution in [1.29, 1.82) is 5.26 Å². The molecule has 1 heterocycles. The molecule has 0 spiro atoms. The molecule has 0 aromatic heterocycles. The molecule has 0 saturated carbocycles. The Kier molecular flexibility index (Phi) is 4.38. The first-order chi connectivity index (χ1) is 9.54. The van der Waals surface area contributed by atoms with Crippen molar-refractivity contribution in [2.24, 2.45) is 5.92 Å². The van der Waals surface area contributed by atoms with Crippen LogP contribution in [0.25, 0.3) is 0 Å². The molecule has 2 rings (SSSR count). The van der Waals surface area contributed by atoms with E-state index in [4.69, 9.17) is 10.00 Å². The van der Waals surface area contributed by atoms with Gasteiger partial charge in [0, 0.05) is 12.1 Å². The molecule has 1 aromatic carbocycles. The van der Waals surface area contributed by atoms with Crippen LogP contribution in [0.2, 0.25) is 0 Å². The van der Waals surface area contributed by atoms with E-state index in [0.717, 1.165) is 5.56 Å². The SMILES string of the molecule is CC(c1cccc(C#N)c1)N(C)C1COCC1C(=O)O. The molecular formula is C15H18N2O3. The number of carboxylic acids is 1. The van der Waals surface area contributed by atoms with E-state index in [1.54, 1.807) is 6.07 Å². The summed E-state index contributed by atoms with van der Waals surface area (Å²) in [6, 6.07) is 9.40. The summed E-state index contributed by atoms with van der Waals surface area (Å²) >= 11 is 0. The Labute approximate surface area is 118 Å². The van der Waals surface area contributed by atoms with Gasteiger partial charge in [0.15, 0.2) is 0 Å². The van der Waals surface area contributed by atoms with Gasteiger partial charge in [-0.05, 0) is 31.7 Å². The maximum absolute atomic E-state index is 11.2. The standard InChI is InChI=1S/C15H18N2O3/c1-10(12-5-3-4-11(6-12)7-16)17(2)14-9-20-8-13(14)15(18)19/h3-6,10,13-14H,8-9H2,1-2H3,(H,18,19). The number of aliphatic carboxylic acids is 1. The van der Waals surface area contributed by atoms with Crippen molar-refractivity contribution >= 4 is 5.97 Å². The molecule has 106 valence electrons. The molecule has 5 nitrogen and oxygen atoms in total. The second-order valence-corrected chi connectivity index (χ2v) is 5.13. The van der Waals surface area contributed by atoms with Crippen molar-refractivity contribution in [2.75, 3.05) is 20.3 Å². The van der Waals surface area contributed by atoms with E-state index in [2.05, 4.69) is 6.07 Å². The molecule has 3 unspecified atom stereocenters. The first kappa shape index (κ1) is 14.5. The minimum absolute atomic E-state index is 0.0249. The van der Waals surface area contributed by atoms with Crippen molar-refractivity contribution in [2.45, 2.75) is 19.0 Å². The smallest absolute Gasteiger partial charge is 0.310 e. The molecule has 0 radical (unpaired) electrons. The van der Waals surface area contributed by atoms with Gasteiger partial charge in [0.25, 0.3) is 0 Å². The van der Waals surface area contributed by atoms with Crippen LogP contribution in [0.3, 0.4) is 0 Å². The fourth-order valence-electron chi connectivity index (χ4n) is 2.57. The molecule has 1 aliphatic heterocycles. The van der Waals surface area contributed by atoms with Gasteiger partial charge in [-0.15, -0.1) is 0 Å². The predicted molar refractivity (Wildman–Crippen MR) is 73.1 cm³/mol. The summed E-state index contributed by atoms with van der Waals surface area (Å²) in [4.78, 5) is 13.2. The van der Waals surface area contributed by atoms with Gasteiger partial charge in [0.1, 0.15) is 0 Å². The minimum atomic E-state index is -0.822. The number of carboxylic acid groups (broad SMARTS) is 1. The zero-order valence-electron chi connectivity index (χ0n) is 11.6. The Bertz CT molecular complexity index is 538. The molecule has 0 aliphatic carbocycles. The monoisotopic (exact) mass is 274 g/mol. The number of hydrogen-bond donors (Lipinski definition) is 1. The van der Waals surface area contributed by atoms with E-state index in [1.165, 1.54) is 0 Å². The number of nitriles is 1. The van der Waals surface area contributed by atoms with Gasteiger partial charge in [0.2, 0.25) is 0 Å². The third-order valence-electron chi connectivity index (χ3n) is 4.00. The average molecular weight is 274 g/mol. The van der Waals surface area contributed by atoms with Crippen molar-refractivity contribution < 1.29 is 14.6 Å². The highest BCUT2D eigenvalue weighted by Crippen LogP contribution is 2.27. The predicted octanol–water partition coefficient (Wildman–Crippen LogP) is 1.65. The third kappa shape index (κ3) is 2.82. The summed E-state index contributed by atoms with van der Waals surface area (Å²) in [5, 5.41) is 18.2. The average Bonchev–Trinajstić information content (AvgIpc) is 2.95. The molecular weight excluding hydrogens is 256 g/mol.